The first-order valence-electron chi connectivity index (χ1n) is 4.90. The molecule has 1 N–H and O–H groups in total. The molecule has 1 rings (SSSR count). The number of hydrogen-bond donors (Lipinski definition) is 1. The van der Waals surface area contributed by atoms with Crippen LogP contribution in [0, 0.1) is 0 Å². The van der Waals surface area contributed by atoms with E-state index in [9.17, 15) is 4.79 Å². The molecule has 0 aromatic carbocycles. The Morgan fingerprint density at radius 1 is 1.62 bits per heavy atom. The zero-order chi connectivity index (χ0) is 12.1. The van der Waals surface area contributed by atoms with Gasteiger partial charge in [-0.3, -0.25) is 4.79 Å². The summed E-state index contributed by atoms with van der Waals surface area (Å²) < 4.78 is 0.972. The van der Waals surface area contributed by atoms with Crippen molar-refractivity contribution >= 4 is 56.4 Å². The fourth-order valence-corrected chi connectivity index (χ4v) is 3.28. The van der Waals surface area contributed by atoms with Crippen molar-refractivity contribution in [2.45, 2.75) is 25.8 Å². The van der Waals surface area contributed by atoms with Crippen molar-refractivity contribution in [3.8, 4) is 0 Å². The van der Waals surface area contributed by atoms with E-state index in [0.29, 0.717) is 14.2 Å². The number of halogens is 3. The van der Waals surface area contributed by atoms with Gasteiger partial charge in [0.25, 0.3) is 5.91 Å². The van der Waals surface area contributed by atoms with Gasteiger partial charge in [0.2, 0.25) is 0 Å². The maximum absolute atomic E-state index is 11.9. The summed E-state index contributed by atoms with van der Waals surface area (Å²) in [6.45, 7) is 2.04. The number of carbonyl (C=O) groups excluding carboxylic acids is 1. The summed E-state index contributed by atoms with van der Waals surface area (Å²) in [6.07, 6.45) is 1.80. The van der Waals surface area contributed by atoms with Crippen molar-refractivity contribution < 1.29 is 4.79 Å². The SMILES string of the molecule is CCC(CCBr)NC(=O)c1cc(Cl)sc1Cl. The van der Waals surface area contributed by atoms with E-state index in [1.54, 1.807) is 6.07 Å². The van der Waals surface area contributed by atoms with Gasteiger partial charge in [0.15, 0.2) is 0 Å². The largest absolute Gasteiger partial charge is 0.349 e. The standard InChI is InChI=1S/C10H12BrCl2NOS/c1-2-6(3-4-11)14-10(15)7-5-8(12)16-9(7)13/h5-6H,2-4H2,1H3,(H,14,15). The molecule has 1 atom stereocenters. The molecule has 0 aliphatic carbocycles. The Balaban J connectivity index is 2.67. The van der Waals surface area contributed by atoms with Crippen LogP contribution in [0.25, 0.3) is 0 Å². The Hall–Kier alpha value is 0.230. The number of carbonyl (C=O) groups is 1. The molecule has 0 spiro atoms. The first-order valence-corrected chi connectivity index (χ1v) is 7.59. The highest BCUT2D eigenvalue weighted by atomic mass is 79.9. The minimum atomic E-state index is -0.152. The maximum Gasteiger partial charge on any atom is 0.253 e. The van der Waals surface area contributed by atoms with Gasteiger partial charge >= 0.3 is 0 Å². The molecule has 1 aromatic rings. The van der Waals surface area contributed by atoms with Crippen molar-refractivity contribution in [2.75, 3.05) is 5.33 Å². The zero-order valence-corrected chi connectivity index (χ0v) is 12.6. The van der Waals surface area contributed by atoms with E-state index in [1.807, 2.05) is 6.92 Å². The second-order valence-electron chi connectivity index (χ2n) is 3.29. The van der Waals surface area contributed by atoms with Crippen LogP contribution in [-0.4, -0.2) is 17.3 Å². The van der Waals surface area contributed by atoms with Crippen molar-refractivity contribution in [2.24, 2.45) is 0 Å². The second kappa shape index (κ2) is 6.84. The third kappa shape index (κ3) is 3.91. The lowest BCUT2D eigenvalue weighted by molar-refractivity contribution is 0.0936. The zero-order valence-electron chi connectivity index (χ0n) is 8.73. The molecule has 1 unspecified atom stereocenters. The van der Waals surface area contributed by atoms with Crippen LogP contribution in [0.15, 0.2) is 6.07 Å². The molecule has 2 nitrogen and oxygen atoms in total. The van der Waals surface area contributed by atoms with Crippen molar-refractivity contribution in [3.05, 3.63) is 20.3 Å². The van der Waals surface area contributed by atoms with Crippen LogP contribution >= 0.6 is 50.5 Å². The van der Waals surface area contributed by atoms with E-state index in [2.05, 4.69) is 21.2 Å². The number of nitrogens with one attached hydrogen (secondary N) is 1. The molecular weight excluding hydrogens is 333 g/mol. The topological polar surface area (TPSA) is 29.1 Å². The molecule has 6 heteroatoms. The van der Waals surface area contributed by atoms with Gasteiger partial charge in [-0.05, 0) is 18.9 Å². The number of alkyl halides is 1. The number of rotatable bonds is 5. The molecule has 16 heavy (non-hydrogen) atoms. The first-order chi connectivity index (χ1) is 7.58. The van der Waals surface area contributed by atoms with E-state index >= 15 is 0 Å². The highest BCUT2D eigenvalue weighted by molar-refractivity contribution is 9.09. The normalized spacial score (nSPS) is 12.5. The van der Waals surface area contributed by atoms with Crippen LogP contribution in [-0.2, 0) is 0 Å². The lowest BCUT2D eigenvalue weighted by Gasteiger charge is -2.15. The third-order valence-corrected chi connectivity index (χ3v) is 4.13. The van der Waals surface area contributed by atoms with Crippen LogP contribution in [0.5, 0.6) is 0 Å². The summed E-state index contributed by atoms with van der Waals surface area (Å²) in [7, 11) is 0. The fourth-order valence-electron chi connectivity index (χ4n) is 1.27. The van der Waals surface area contributed by atoms with Gasteiger partial charge in [0.05, 0.1) is 9.90 Å². The van der Waals surface area contributed by atoms with E-state index in [-0.39, 0.29) is 11.9 Å². The van der Waals surface area contributed by atoms with Crippen LogP contribution in [0.4, 0.5) is 0 Å². The van der Waals surface area contributed by atoms with Gasteiger partial charge in [0, 0.05) is 11.4 Å². The molecule has 0 aliphatic rings. The van der Waals surface area contributed by atoms with E-state index < -0.39 is 0 Å². The smallest absolute Gasteiger partial charge is 0.253 e. The van der Waals surface area contributed by atoms with Gasteiger partial charge < -0.3 is 5.32 Å². The Morgan fingerprint density at radius 3 is 2.75 bits per heavy atom. The Labute approximate surface area is 117 Å². The highest BCUT2D eigenvalue weighted by Gasteiger charge is 2.16. The summed E-state index contributed by atoms with van der Waals surface area (Å²) in [5, 5.41) is 3.80. The molecule has 1 amide bonds. The van der Waals surface area contributed by atoms with Crippen LogP contribution < -0.4 is 5.32 Å². The summed E-state index contributed by atoms with van der Waals surface area (Å²) >= 11 is 16.3. The quantitative estimate of drug-likeness (QED) is 0.790. The lowest BCUT2D eigenvalue weighted by atomic mass is 10.1. The molecule has 0 radical (unpaired) electrons. The van der Waals surface area contributed by atoms with E-state index in [0.717, 1.165) is 18.2 Å². The van der Waals surface area contributed by atoms with E-state index in [4.69, 9.17) is 23.2 Å². The predicted octanol–water partition coefficient (Wildman–Crippen LogP) is 4.35. The van der Waals surface area contributed by atoms with Crippen molar-refractivity contribution in [1.82, 2.24) is 5.32 Å². The summed E-state index contributed by atoms with van der Waals surface area (Å²) in [5.41, 5.74) is 0.463. The molecule has 90 valence electrons. The highest BCUT2D eigenvalue weighted by Crippen LogP contribution is 2.31. The molecule has 0 saturated carbocycles. The number of hydrogen-bond acceptors (Lipinski definition) is 2. The Bertz CT molecular complexity index is 370. The summed E-state index contributed by atoms with van der Waals surface area (Å²) in [5.74, 6) is -0.152. The van der Waals surface area contributed by atoms with Gasteiger partial charge in [-0.1, -0.05) is 46.1 Å². The average Bonchev–Trinajstić information content (AvgIpc) is 2.57. The number of thiophene rings is 1. The third-order valence-electron chi connectivity index (χ3n) is 2.19. The summed E-state index contributed by atoms with van der Waals surface area (Å²) in [4.78, 5) is 11.9. The lowest BCUT2D eigenvalue weighted by Crippen LogP contribution is -2.34. The second-order valence-corrected chi connectivity index (χ2v) is 6.37. The minimum absolute atomic E-state index is 0.152. The van der Waals surface area contributed by atoms with Crippen molar-refractivity contribution in [1.29, 1.82) is 0 Å². The Morgan fingerprint density at radius 2 is 2.31 bits per heavy atom. The Kier molecular flexibility index (Phi) is 6.11. The van der Waals surface area contributed by atoms with Crippen LogP contribution in [0.2, 0.25) is 8.67 Å². The molecule has 1 aromatic heterocycles. The summed E-state index contributed by atoms with van der Waals surface area (Å²) in [6, 6.07) is 1.77. The van der Waals surface area contributed by atoms with Crippen LogP contribution in [0.3, 0.4) is 0 Å². The number of amides is 1. The average molecular weight is 345 g/mol. The van der Waals surface area contributed by atoms with Crippen molar-refractivity contribution in [3.63, 3.8) is 0 Å². The molecule has 1 heterocycles. The van der Waals surface area contributed by atoms with Gasteiger partial charge in [-0.2, -0.15) is 0 Å². The van der Waals surface area contributed by atoms with Crippen LogP contribution in [0.1, 0.15) is 30.1 Å². The molecule has 0 bridgehead atoms. The fraction of sp³-hybridized carbons (Fsp3) is 0.500. The first kappa shape index (κ1) is 14.3. The molecule has 0 aliphatic heterocycles. The predicted molar refractivity (Wildman–Crippen MR) is 74.3 cm³/mol. The maximum atomic E-state index is 11.9. The van der Waals surface area contributed by atoms with Gasteiger partial charge in [-0.15, -0.1) is 11.3 Å². The van der Waals surface area contributed by atoms with E-state index in [1.165, 1.54) is 11.3 Å². The molecule has 0 saturated heterocycles. The molecular formula is C10H12BrCl2NOS. The molecule has 0 fully saturated rings. The van der Waals surface area contributed by atoms with Gasteiger partial charge in [-0.25, -0.2) is 0 Å². The monoisotopic (exact) mass is 343 g/mol. The minimum Gasteiger partial charge on any atom is -0.349 e. The van der Waals surface area contributed by atoms with Gasteiger partial charge in [0.1, 0.15) is 4.34 Å².